The van der Waals surface area contributed by atoms with Crippen molar-refractivity contribution in [2.45, 2.75) is 32.9 Å². The van der Waals surface area contributed by atoms with Crippen molar-refractivity contribution in [1.82, 2.24) is 4.90 Å². The summed E-state index contributed by atoms with van der Waals surface area (Å²) in [5, 5.41) is 0.526. The van der Waals surface area contributed by atoms with Crippen molar-refractivity contribution in [2.75, 3.05) is 0 Å². The van der Waals surface area contributed by atoms with Gasteiger partial charge in [-0.3, -0.25) is 4.79 Å². The SMILES string of the molecule is CC(C)(C)OC(=O)N(Cc1ccccc1)C(=O)c1ccc(Cl)cc1. The Hall–Kier alpha value is -2.33. The van der Waals surface area contributed by atoms with Crippen LogP contribution in [0, 0.1) is 0 Å². The van der Waals surface area contributed by atoms with E-state index in [1.54, 1.807) is 45.0 Å². The molecule has 0 aromatic heterocycles. The first-order valence-electron chi connectivity index (χ1n) is 7.60. The van der Waals surface area contributed by atoms with Crippen LogP contribution in [0.4, 0.5) is 4.79 Å². The molecule has 0 heterocycles. The van der Waals surface area contributed by atoms with E-state index < -0.39 is 17.6 Å². The van der Waals surface area contributed by atoms with Crippen molar-refractivity contribution < 1.29 is 14.3 Å². The first-order valence-corrected chi connectivity index (χ1v) is 7.98. The van der Waals surface area contributed by atoms with Gasteiger partial charge in [0.25, 0.3) is 5.91 Å². The fraction of sp³-hybridized carbons (Fsp3) is 0.263. The van der Waals surface area contributed by atoms with Crippen molar-refractivity contribution in [2.24, 2.45) is 0 Å². The van der Waals surface area contributed by atoms with E-state index >= 15 is 0 Å². The van der Waals surface area contributed by atoms with Crippen molar-refractivity contribution in [3.63, 3.8) is 0 Å². The number of halogens is 1. The smallest absolute Gasteiger partial charge is 0.417 e. The quantitative estimate of drug-likeness (QED) is 0.793. The molecule has 0 saturated carbocycles. The van der Waals surface area contributed by atoms with Gasteiger partial charge in [0, 0.05) is 10.6 Å². The van der Waals surface area contributed by atoms with Crippen LogP contribution in [0.1, 0.15) is 36.7 Å². The van der Waals surface area contributed by atoms with Gasteiger partial charge in [0.05, 0.1) is 6.54 Å². The molecule has 0 saturated heterocycles. The van der Waals surface area contributed by atoms with Gasteiger partial charge < -0.3 is 4.74 Å². The minimum Gasteiger partial charge on any atom is -0.443 e. The molecule has 126 valence electrons. The van der Waals surface area contributed by atoms with Gasteiger partial charge in [-0.25, -0.2) is 9.69 Å². The summed E-state index contributed by atoms with van der Waals surface area (Å²) in [6.07, 6.45) is -0.675. The summed E-state index contributed by atoms with van der Waals surface area (Å²) in [6.45, 7) is 5.42. The lowest BCUT2D eigenvalue weighted by atomic mass is 10.1. The first kappa shape index (κ1) is 18.0. The molecular formula is C19H20ClNO3. The minimum absolute atomic E-state index is 0.136. The Morgan fingerprint density at radius 3 is 2.12 bits per heavy atom. The van der Waals surface area contributed by atoms with Gasteiger partial charge in [0.2, 0.25) is 0 Å². The van der Waals surface area contributed by atoms with Crippen LogP contribution in [0.15, 0.2) is 54.6 Å². The van der Waals surface area contributed by atoms with Gasteiger partial charge in [-0.15, -0.1) is 0 Å². The lowest BCUT2D eigenvalue weighted by molar-refractivity contribution is 0.0227. The average molecular weight is 346 g/mol. The molecule has 2 aromatic rings. The highest BCUT2D eigenvalue weighted by molar-refractivity contribution is 6.30. The van der Waals surface area contributed by atoms with Crippen molar-refractivity contribution in [1.29, 1.82) is 0 Å². The second kappa shape index (κ2) is 7.49. The maximum Gasteiger partial charge on any atom is 0.417 e. The Morgan fingerprint density at radius 2 is 1.58 bits per heavy atom. The summed E-state index contributed by atoms with van der Waals surface area (Å²) < 4.78 is 5.38. The Morgan fingerprint density at radius 1 is 1.00 bits per heavy atom. The van der Waals surface area contributed by atoms with Gasteiger partial charge in [-0.05, 0) is 50.6 Å². The molecule has 2 aromatic carbocycles. The number of imide groups is 1. The fourth-order valence-electron chi connectivity index (χ4n) is 2.05. The first-order chi connectivity index (χ1) is 11.3. The van der Waals surface area contributed by atoms with Gasteiger partial charge in [0.1, 0.15) is 5.60 Å². The fourth-order valence-corrected chi connectivity index (χ4v) is 2.18. The average Bonchev–Trinajstić information content (AvgIpc) is 2.52. The number of carbonyl (C=O) groups excluding carboxylic acids is 2. The number of amides is 2. The molecule has 0 spiro atoms. The second-order valence-electron chi connectivity index (χ2n) is 6.36. The summed E-state index contributed by atoms with van der Waals surface area (Å²) in [5.74, 6) is -0.426. The third kappa shape index (κ3) is 5.10. The molecule has 2 amide bonds. The van der Waals surface area contributed by atoms with Crippen molar-refractivity contribution >= 4 is 23.6 Å². The summed E-state index contributed by atoms with van der Waals surface area (Å²) in [4.78, 5) is 26.4. The van der Waals surface area contributed by atoms with E-state index in [1.807, 2.05) is 30.3 Å². The van der Waals surface area contributed by atoms with Crippen LogP contribution in [0.5, 0.6) is 0 Å². The molecule has 0 atom stereocenters. The molecule has 0 unspecified atom stereocenters. The molecule has 24 heavy (non-hydrogen) atoms. The van der Waals surface area contributed by atoms with E-state index in [9.17, 15) is 9.59 Å². The predicted octanol–water partition coefficient (Wildman–Crippen LogP) is 4.92. The third-order valence-electron chi connectivity index (χ3n) is 3.13. The van der Waals surface area contributed by atoms with Crippen LogP contribution >= 0.6 is 11.6 Å². The summed E-state index contributed by atoms with van der Waals surface area (Å²) >= 11 is 5.86. The van der Waals surface area contributed by atoms with E-state index in [4.69, 9.17) is 16.3 Å². The van der Waals surface area contributed by atoms with E-state index in [0.29, 0.717) is 10.6 Å². The van der Waals surface area contributed by atoms with E-state index in [-0.39, 0.29) is 6.54 Å². The van der Waals surface area contributed by atoms with E-state index in [2.05, 4.69) is 0 Å². The maximum absolute atomic E-state index is 12.8. The molecule has 0 N–H and O–H groups in total. The number of benzene rings is 2. The van der Waals surface area contributed by atoms with Gasteiger partial charge in [-0.2, -0.15) is 0 Å². The van der Waals surface area contributed by atoms with Crippen LogP contribution in [-0.2, 0) is 11.3 Å². The standard InChI is InChI=1S/C19H20ClNO3/c1-19(2,3)24-18(23)21(13-14-7-5-4-6-8-14)17(22)15-9-11-16(20)12-10-15/h4-12H,13H2,1-3H3. The highest BCUT2D eigenvalue weighted by Crippen LogP contribution is 2.17. The minimum atomic E-state index is -0.688. The van der Waals surface area contributed by atoms with Crippen LogP contribution in [0.3, 0.4) is 0 Å². The molecule has 0 radical (unpaired) electrons. The van der Waals surface area contributed by atoms with Crippen LogP contribution in [0.2, 0.25) is 5.02 Å². The monoisotopic (exact) mass is 345 g/mol. The summed E-state index contributed by atoms with van der Waals surface area (Å²) in [6, 6.07) is 15.7. The van der Waals surface area contributed by atoms with Gasteiger partial charge >= 0.3 is 6.09 Å². The molecule has 2 rings (SSSR count). The second-order valence-corrected chi connectivity index (χ2v) is 6.80. The highest BCUT2D eigenvalue weighted by Gasteiger charge is 2.28. The molecule has 4 nitrogen and oxygen atoms in total. The van der Waals surface area contributed by atoms with Gasteiger partial charge in [-0.1, -0.05) is 41.9 Å². The Balaban J connectivity index is 2.29. The van der Waals surface area contributed by atoms with Crippen LogP contribution in [0.25, 0.3) is 0 Å². The highest BCUT2D eigenvalue weighted by atomic mass is 35.5. The number of ether oxygens (including phenoxy) is 1. The lowest BCUT2D eigenvalue weighted by Gasteiger charge is -2.26. The topological polar surface area (TPSA) is 46.6 Å². The molecule has 0 aliphatic heterocycles. The number of nitrogens with zero attached hydrogens (tertiary/aromatic N) is 1. The molecule has 0 aliphatic rings. The maximum atomic E-state index is 12.8. The van der Waals surface area contributed by atoms with Gasteiger partial charge in [0.15, 0.2) is 0 Å². The van der Waals surface area contributed by atoms with Crippen molar-refractivity contribution in [3.05, 3.63) is 70.7 Å². The molecule has 5 heteroatoms. The van der Waals surface area contributed by atoms with Crippen LogP contribution < -0.4 is 0 Å². The molecular weight excluding hydrogens is 326 g/mol. The summed E-state index contributed by atoms with van der Waals surface area (Å²) in [5.41, 5.74) is 0.526. The number of rotatable bonds is 3. The number of hydrogen-bond donors (Lipinski definition) is 0. The third-order valence-corrected chi connectivity index (χ3v) is 3.39. The zero-order valence-electron chi connectivity index (χ0n) is 14.0. The number of hydrogen-bond acceptors (Lipinski definition) is 3. The zero-order chi connectivity index (χ0) is 17.7. The van der Waals surface area contributed by atoms with Crippen molar-refractivity contribution in [3.8, 4) is 0 Å². The Labute approximate surface area is 147 Å². The largest absolute Gasteiger partial charge is 0.443 e. The number of carbonyl (C=O) groups is 2. The lowest BCUT2D eigenvalue weighted by Crippen LogP contribution is -2.40. The normalized spacial score (nSPS) is 11.0. The van der Waals surface area contributed by atoms with Crippen LogP contribution in [-0.4, -0.2) is 22.5 Å². The Bertz CT molecular complexity index is 706. The zero-order valence-corrected chi connectivity index (χ0v) is 14.7. The summed E-state index contributed by atoms with van der Waals surface area (Å²) in [7, 11) is 0. The molecule has 0 fully saturated rings. The molecule has 0 bridgehead atoms. The van der Waals surface area contributed by atoms with E-state index in [1.165, 1.54) is 0 Å². The Kier molecular flexibility index (Phi) is 5.62. The van der Waals surface area contributed by atoms with E-state index in [0.717, 1.165) is 10.5 Å². The molecule has 0 aliphatic carbocycles. The predicted molar refractivity (Wildman–Crippen MR) is 94.0 cm³/mol.